The van der Waals surface area contributed by atoms with Crippen LogP contribution in [0.25, 0.3) is 0 Å². The predicted molar refractivity (Wildman–Crippen MR) is 98.5 cm³/mol. The van der Waals surface area contributed by atoms with Crippen LogP contribution in [0.5, 0.6) is 0 Å². The van der Waals surface area contributed by atoms with Gasteiger partial charge in [0.1, 0.15) is 0 Å². The van der Waals surface area contributed by atoms with Crippen LogP contribution in [0.4, 0.5) is 0 Å². The zero-order valence-corrected chi connectivity index (χ0v) is 20.3. The molecule has 0 aromatic heterocycles. The quantitative estimate of drug-likeness (QED) is 0.166. The summed E-state index contributed by atoms with van der Waals surface area (Å²) in [4.78, 5) is 45.3. The monoisotopic (exact) mass is 461 g/mol. The Bertz CT molecular complexity index is 278. The molecule has 0 unspecified atom stereocenters. The first kappa shape index (κ1) is 29.4. The largest absolute Gasteiger partial charge is 0.325 e. The summed E-state index contributed by atoms with van der Waals surface area (Å²) in [5, 5.41) is 1.50. The standard InChI is InChI=1S/C12H25.2H3O3PS.Zn/c1-3-5-7-9-11-12-10-8-6-4-2;2*1-4(2,3)5;/h1,3-12H2,2H3;2*(H3,1,2,3,5);. The van der Waals surface area contributed by atoms with Gasteiger partial charge < -0.3 is 29.4 Å². The van der Waals surface area contributed by atoms with E-state index in [4.69, 9.17) is 29.4 Å². The second kappa shape index (κ2) is 20.0. The molecule has 0 saturated heterocycles. The first-order valence-corrected chi connectivity index (χ1v) is 15.2. The summed E-state index contributed by atoms with van der Waals surface area (Å²) >= 11 is 8.71. The summed E-state index contributed by atoms with van der Waals surface area (Å²) in [6.07, 6.45) is 14.7. The van der Waals surface area contributed by atoms with Crippen LogP contribution in [-0.2, 0) is 41.9 Å². The normalized spacial score (nSPS) is 11.2. The first-order chi connectivity index (χ1) is 10.4. The van der Waals surface area contributed by atoms with Gasteiger partial charge in [-0.1, -0.05) is 0 Å². The van der Waals surface area contributed by atoms with Crippen LogP contribution in [0.2, 0.25) is 5.02 Å². The van der Waals surface area contributed by atoms with Crippen molar-refractivity contribution in [1.82, 2.24) is 0 Å². The van der Waals surface area contributed by atoms with E-state index in [1.54, 1.807) is 0 Å². The number of hydrogen-bond donors (Lipinski definition) is 6. The first-order valence-electron chi connectivity index (χ1n) is 7.77. The maximum Gasteiger partial charge on any atom is 0.319 e. The van der Waals surface area contributed by atoms with Crippen LogP contribution in [0.3, 0.4) is 0 Å². The van der Waals surface area contributed by atoms with E-state index >= 15 is 0 Å². The second-order valence-electron chi connectivity index (χ2n) is 5.06. The molecule has 0 aliphatic rings. The van der Waals surface area contributed by atoms with Crippen LogP contribution in [0, 0.1) is 0 Å². The third-order valence-corrected chi connectivity index (χ3v) is 3.65. The van der Waals surface area contributed by atoms with Gasteiger partial charge in [-0.05, 0) is 23.6 Å². The molecule has 0 aliphatic carbocycles. The topological polar surface area (TPSA) is 121 Å². The van der Waals surface area contributed by atoms with Crippen LogP contribution in [0.15, 0.2) is 0 Å². The molecule has 0 heterocycles. The molecule has 6 N–H and O–H groups in total. The Morgan fingerprint density at radius 1 is 0.609 bits per heavy atom. The molecule has 0 aromatic carbocycles. The van der Waals surface area contributed by atoms with Crippen molar-refractivity contribution in [2.24, 2.45) is 0 Å². The fraction of sp³-hybridized carbons (Fsp3) is 1.00. The van der Waals surface area contributed by atoms with Gasteiger partial charge in [-0.25, -0.2) is 0 Å². The Hall–Kier alpha value is 1.68. The molecule has 0 spiro atoms. The average molecular weight is 463 g/mol. The van der Waals surface area contributed by atoms with Crippen molar-refractivity contribution in [2.45, 2.75) is 76.1 Å². The SMILES string of the molecule is CCCCCCCCCCC[CH2][Zn].OP(O)(O)=S.OP(O)(O)=S. The van der Waals surface area contributed by atoms with Crippen molar-refractivity contribution in [3.8, 4) is 0 Å². The van der Waals surface area contributed by atoms with Gasteiger partial charge in [0.05, 0.1) is 0 Å². The fourth-order valence-electron chi connectivity index (χ4n) is 1.66. The van der Waals surface area contributed by atoms with E-state index in [0.717, 1.165) is 0 Å². The van der Waals surface area contributed by atoms with Gasteiger partial charge in [-0.2, -0.15) is 0 Å². The number of hydrogen-bond acceptors (Lipinski definition) is 2. The third kappa shape index (κ3) is 81.6. The maximum atomic E-state index is 7.56. The smallest absolute Gasteiger partial charge is 0.319 e. The van der Waals surface area contributed by atoms with E-state index < -0.39 is 13.4 Å². The van der Waals surface area contributed by atoms with Gasteiger partial charge in [0.25, 0.3) is 0 Å². The van der Waals surface area contributed by atoms with E-state index in [1.165, 1.54) is 87.5 Å². The summed E-state index contributed by atoms with van der Waals surface area (Å²) in [5.41, 5.74) is 0. The van der Waals surface area contributed by atoms with Gasteiger partial charge in [0, 0.05) is 0 Å². The molecule has 0 bridgehead atoms. The average Bonchev–Trinajstić information content (AvgIpc) is 2.33. The van der Waals surface area contributed by atoms with Crippen LogP contribution in [0.1, 0.15) is 71.1 Å². The van der Waals surface area contributed by atoms with Gasteiger partial charge in [-0.3, -0.25) is 0 Å². The van der Waals surface area contributed by atoms with Gasteiger partial charge in [-0.15, -0.1) is 0 Å². The van der Waals surface area contributed by atoms with Gasteiger partial charge in [0.15, 0.2) is 0 Å². The minimum atomic E-state index is -3.81. The van der Waals surface area contributed by atoms with E-state index in [2.05, 4.69) is 30.5 Å². The van der Waals surface area contributed by atoms with Crippen molar-refractivity contribution in [2.75, 3.05) is 0 Å². The number of unbranched alkanes of at least 4 members (excludes halogenated alkanes) is 9. The molecule has 11 heteroatoms. The van der Waals surface area contributed by atoms with Crippen molar-refractivity contribution in [3.05, 3.63) is 0 Å². The van der Waals surface area contributed by atoms with E-state index in [-0.39, 0.29) is 0 Å². The van der Waals surface area contributed by atoms with Crippen molar-refractivity contribution < 1.29 is 47.7 Å². The molecule has 139 valence electrons. The summed E-state index contributed by atoms with van der Waals surface area (Å²) < 4.78 is 0. The molecule has 23 heavy (non-hydrogen) atoms. The van der Waals surface area contributed by atoms with Gasteiger partial charge in [0.2, 0.25) is 0 Å². The van der Waals surface area contributed by atoms with Crippen LogP contribution < -0.4 is 0 Å². The summed E-state index contributed by atoms with van der Waals surface area (Å²) in [6.45, 7) is -5.33. The van der Waals surface area contributed by atoms with E-state index in [1.807, 2.05) is 0 Å². The van der Waals surface area contributed by atoms with Crippen molar-refractivity contribution >= 4 is 37.1 Å². The summed E-state index contributed by atoms with van der Waals surface area (Å²) in [7, 11) is 0. The number of rotatable bonds is 10. The van der Waals surface area contributed by atoms with Gasteiger partial charge >= 0.3 is 108 Å². The Balaban J connectivity index is -0.000000329. The molecule has 0 aliphatic heterocycles. The Kier molecular flexibility index (Phi) is 25.6. The van der Waals surface area contributed by atoms with Crippen LogP contribution >= 0.6 is 13.4 Å². The zero-order chi connectivity index (χ0) is 18.8. The summed E-state index contributed by atoms with van der Waals surface area (Å²) in [6, 6.07) is 0. The Morgan fingerprint density at radius 3 is 1.04 bits per heavy atom. The molecule has 0 aromatic rings. The molecular formula is C12H31O6P2S2Zn. The molecule has 0 radical (unpaired) electrons. The van der Waals surface area contributed by atoms with Crippen molar-refractivity contribution in [1.29, 1.82) is 0 Å². The molecular weight excluding hydrogens is 432 g/mol. The predicted octanol–water partition coefficient (Wildman–Crippen LogP) is 3.25. The summed E-state index contributed by atoms with van der Waals surface area (Å²) in [5.74, 6) is 0. The molecule has 0 rings (SSSR count). The second-order valence-corrected chi connectivity index (χ2v) is 11.5. The van der Waals surface area contributed by atoms with E-state index in [0.29, 0.717) is 0 Å². The van der Waals surface area contributed by atoms with Crippen molar-refractivity contribution in [3.63, 3.8) is 0 Å². The molecule has 6 nitrogen and oxygen atoms in total. The molecule has 0 amide bonds. The van der Waals surface area contributed by atoms with Crippen LogP contribution in [-0.4, -0.2) is 29.4 Å². The zero-order valence-electron chi connectivity index (χ0n) is 13.9. The Morgan fingerprint density at radius 2 is 0.826 bits per heavy atom. The third-order valence-electron chi connectivity index (χ3n) is 2.60. The molecule has 0 atom stereocenters. The minimum Gasteiger partial charge on any atom is -0.325 e. The Labute approximate surface area is 160 Å². The maximum absolute atomic E-state index is 7.56. The van der Waals surface area contributed by atoms with E-state index in [9.17, 15) is 0 Å². The molecule has 0 fully saturated rings. The minimum absolute atomic E-state index is 1.38. The fourth-order valence-corrected chi connectivity index (χ4v) is 2.41. The molecule has 0 saturated carbocycles.